The Kier molecular flexibility index (Phi) is 4.71. The van der Waals surface area contributed by atoms with Gasteiger partial charge in [0.1, 0.15) is 0 Å². The molecule has 1 aromatic rings. The van der Waals surface area contributed by atoms with Crippen molar-refractivity contribution in [2.24, 2.45) is 0 Å². The summed E-state index contributed by atoms with van der Waals surface area (Å²) in [6.07, 6.45) is 5.01. The Hall–Kier alpha value is -0.900. The second-order valence-electron chi connectivity index (χ2n) is 6.08. The average Bonchev–Trinajstić information content (AvgIpc) is 3.03. The zero-order chi connectivity index (χ0) is 13.8. The maximum absolute atomic E-state index is 10.3. The molecule has 1 heterocycles. The van der Waals surface area contributed by atoms with Gasteiger partial charge in [-0.25, -0.2) is 0 Å². The number of morpholine rings is 1. The van der Waals surface area contributed by atoms with Gasteiger partial charge in [-0.1, -0.05) is 37.1 Å². The lowest BCUT2D eigenvalue weighted by molar-refractivity contribution is 0.0143. The number of aliphatic hydroxyl groups is 1. The van der Waals surface area contributed by atoms with Gasteiger partial charge in [-0.15, -0.1) is 0 Å². The molecule has 0 amide bonds. The van der Waals surface area contributed by atoms with Crippen LogP contribution in [0, 0.1) is 0 Å². The number of β-amino-alcohol motifs (C(OH)–C–C–N with tert-alkyl or cyclic N) is 1. The number of hydrogen-bond acceptors (Lipinski definition) is 3. The first-order valence-corrected chi connectivity index (χ1v) is 7.91. The van der Waals surface area contributed by atoms with Gasteiger partial charge < -0.3 is 9.84 Å². The van der Waals surface area contributed by atoms with Gasteiger partial charge in [0.15, 0.2) is 0 Å². The van der Waals surface area contributed by atoms with Crippen molar-refractivity contribution < 1.29 is 9.84 Å². The van der Waals surface area contributed by atoms with Gasteiger partial charge in [-0.2, -0.15) is 0 Å². The van der Waals surface area contributed by atoms with Crippen LogP contribution < -0.4 is 0 Å². The van der Waals surface area contributed by atoms with Crippen LogP contribution in [0.5, 0.6) is 0 Å². The van der Waals surface area contributed by atoms with Crippen molar-refractivity contribution in [1.29, 1.82) is 0 Å². The highest BCUT2D eigenvalue weighted by Gasteiger charge is 2.19. The fourth-order valence-electron chi connectivity index (χ4n) is 3.38. The van der Waals surface area contributed by atoms with Crippen molar-refractivity contribution >= 4 is 0 Å². The van der Waals surface area contributed by atoms with E-state index in [0.29, 0.717) is 6.54 Å². The summed E-state index contributed by atoms with van der Waals surface area (Å²) in [5.74, 6) is 0.750. The number of ether oxygens (including phenoxy) is 1. The summed E-state index contributed by atoms with van der Waals surface area (Å²) < 4.78 is 5.34. The fraction of sp³-hybridized carbons (Fsp3) is 0.647. The van der Waals surface area contributed by atoms with Gasteiger partial charge in [0.05, 0.1) is 19.3 Å². The zero-order valence-electron chi connectivity index (χ0n) is 12.1. The summed E-state index contributed by atoms with van der Waals surface area (Å²) in [5.41, 5.74) is 2.49. The first-order chi connectivity index (χ1) is 9.83. The highest BCUT2D eigenvalue weighted by molar-refractivity contribution is 5.27. The molecule has 0 radical (unpaired) electrons. The van der Waals surface area contributed by atoms with Crippen molar-refractivity contribution in [3.05, 3.63) is 35.4 Å². The highest BCUT2D eigenvalue weighted by Crippen LogP contribution is 2.34. The van der Waals surface area contributed by atoms with E-state index in [1.807, 2.05) is 0 Å². The third kappa shape index (κ3) is 3.40. The lowest BCUT2D eigenvalue weighted by Crippen LogP contribution is -2.38. The topological polar surface area (TPSA) is 32.7 Å². The molecule has 0 aromatic heterocycles. The molecule has 2 fully saturated rings. The first kappa shape index (κ1) is 14.1. The molecule has 110 valence electrons. The summed E-state index contributed by atoms with van der Waals surface area (Å²) in [7, 11) is 0. The number of hydrogen-bond donors (Lipinski definition) is 1. The molecule has 1 aliphatic heterocycles. The van der Waals surface area contributed by atoms with E-state index in [1.165, 1.54) is 31.2 Å². The van der Waals surface area contributed by atoms with Crippen LogP contribution in [0.1, 0.15) is 48.8 Å². The van der Waals surface area contributed by atoms with Crippen LogP contribution in [0.25, 0.3) is 0 Å². The molecule has 1 saturated carbocycles. The third-order valence-electron chi connectivity index (χ3n) is 4.68. The molecular formula is C17H25NO2. The van der Waals surface area contributed by atoms with E-state index >= 15 is 0 Å². The molecule has 1 saturated heterocycles. The quantitative estimate of drug-likeness (QED) is 0.917. The SMILES string of the molecule is OC(CN1CCOCC1)c1ccc(C2CCCC2)cc1. The summed E-state index contributed by atoms with van der Waals surface area (Å²) in [5, 5.41) is 10.3. The monoisotopic (exact) mass is 275 g/mol. The number of aliphatic hydroxyl groups excluding tert-OH is 1. The van der Waals surface area contributed by atoms with Crippen LogP contribution in [-0.2, 0) is 4.74 Å². The predicted octanol–water partition coefficient (Wildman–Crippen LogP) is 2.71. The van der Waals surface area contributed by atoms with Gasteiger partial charge in [0.2, 0.25) is 0 Å². The Morgan fingerprint density at radius 1 is 1.10 bits per heavy atom. The summed E-state index contributed by atoms with van der Waals surface area (Å²) in [6, 6.07) is 8.65. The maximum atomic E-state index is 10.3. The van der Waals surface area contributed by atoms with Crippen LogP contribution in [0.2, 0.25) is 0 Å². The van der Waals surface area contributed by atoms with Crippen molar-refractivity contribution in [2.75, 3.05) is 32.8 Å². The van der Waals surface area contributed by atoms with E-state index in [1.54, 1.807) is 0 Å². The Morgan fingerprint density at radius 2 is 1.75 bits per heavy atom. The van der Waals surface area contributed by atoms with Crippen molar-refractivity contribution in [1.82, 2.24) is 4.90 Å². The van der Waals surface area contributed by atoms with E-state index in [-0.39, 0.29) is 6.10 Å². The van der Waals surface area contributed by atoms with Gasteiger partial charge in [0.25, 0.3) is 0 Å². The minimum absolute atomic E-state index is 0.384. The van der Waals surface area contributed by atoms with Gasteiger partial charge in [-0.3, -0.25) is 4.90 Å². The zero-order valence-corrected chi connectivity index (χ0v) is 12.1. The molecule has 1 N–H and O–H groups in total. The predicted molar refractivity (Wildman–Crippen MR) is 79.9 cm³/mol. The number of benzene rings is 1. The van der Waals surface area contributed by atoms with E-state index in [0.717, 1.165) is 37.8 Å². The van der Waals surface area contributed by atoms with Gasteiger partial charge in [0, 0.05) is 19.6 Å². The molecule has 3 rings (SSSR count). The van der Waals surface area contributed by atoms with Crippen LogP contribution in [-0.4, -0.2) is 42.9 Å². The Bertz CT molecular complexity index is 406. The normalized spacial score (nSPS) is 23.1. The van der Waals surface area contributed by atoms with Crippen molar-refractivity contribution in [3.63, 3.8) is 0 Å². The molecule has 3 heteroatoms. The Labute approximate surface area is 121 Å². The molecule has 0 spiro atoms. The largest absolute Gasteiger partial charge is 0.387 e. The maximum Gasteiger partial charge on any atom is 0.0916 e. The second-order valence-corrected chi connectivity index (χ2v) is 6.08. The standard InChI is InChI=1S/C17H25NO2/c19-17(13-18-9-11-20-12-10-18)16-7-5-15(6-8-16)14-3-1-2-4-14/h5-8,14,17,19H,1-4,9-13H2. The molecule has 3 nitrogen and oxygen atoms in total. The lowest BCUT2D eigenvalue weighted by atomic mass is 9.95. The molecule has 1 aromatic carbocycles. The van der Waals surface area contributed by atoms with Crippen molar-refractivity contribution in [2.45, 2.75) is 37.7 Å². The number of nitrogens with zero attached hydrogens (tertiary/aromatic N) is 1. The Morgan fingerprint density at radius 3 is 2.40 bits per heavy atom. The lowest BCUT2D eigenvalue weighted by Gasteiger charge is -2.28. The first-order valence-electron chi connectivity index (χ1n) is 7.91. The van der Waals surface area contributed by atoms with Crippen LogP contribution in [0.3, 0.4) is 0 Å². The molecule has 20 heavy (non-hydrogen) atoms. The molecule has 1 unspecified atom stereocenters. The van der Waals surface area contributed by atoms with Crippen LogP contribution in [0.4, 0.5) is 0 Å². The van der Waals surface area contributed by atoms with Crippen LogP contribution >= 0.6 is 0 Å². The van der Waals surface area contributed by atoms with E-state index < -0.39 is 0 Å². The smallest absolute Gasteiger partial charge is 0.0916 e. The van der Waals surface area contributed by atoms with Crippen LogP contribution in [0.15, 0.2) is 24.3 Å². The highest BCUT2D eigenvalue weighted by atomic mass is 16.5. The summed E-state index contributed by atoms with van der Waals surface area (Å²) in [4.78, 5) is 2.28. The second kappa shape index (κ2) is 6.70. The Balaban J connectivity index is 1.58. The van der Waals surface area contributed by atoms with Gasteiger partial charge >= 0.3 is 0 Å². The molecule has 2 aliphatic rings. The minimum Gasteiger partial charge on any atom is -0.387 e. The van der Waals surface area contributed by atoms with Crippen molar-refractivity contribution in [3.8, 4) is 0 Å². The summed E-state index contributed by atoms with van der Waals surface area (Å²) in [6.45, 7) is 4.14. The number of rotatable bonds is 4. The van der Waals surface area contributed by atoms with E-state index in [4.69, 9.17) is 4.74 Å². The molecule has 1 atom stereocenters. The summed E-state index contributed by atoms with van der Waals surface area (Å²) >= 11 is 0. The third-order valence-corrected chi connectivity index (χ3v) is 4.68. The van der Waals surface area contributed by atoms with E-state index in [2.05, 4.69) is 29.2 Å². The molecular weight excluding hydrogens is 250 g/mol. The van der Waals surface area contributed by atoms with Gasteiger partial charge in [-0.05, 0) is 29.9 Å². The average molecular weight is 275 g/mol. The minimum atomic E-state index is -0.384. The molecule has 1 aliphatic carbocycles. The molecule has 0 bridgehead atoms. The fourth-order valence-corrected chi connectivity index (χ4v) is 3.38. The van der Waals surface area contributed by atoms with E-state index in [9.17, 15) is 5.11 Å².